The summed E-state index contributed by atoms with van der Waals surface area (Å²) in [6.45, 7) is 3.31. The molecule has 0 saturated carbocycles. The molecule has 5 heteroatoms. The maximum Gasteiger partial charge on any atom is 0.120 e. The van der Waals surface area contributed by atoms with E-state index in [-0.39, 0.29) is 5.75 Å². The van der Waals surface area contributed by atoms with Crippen LogP contribution in [0.1, 0.15) is 16.8 Å². The van der Waals surface area contributed by atoms with E-state index in [0.29, 0.717) is 18.1 Å². The number of hydrogen-bond acceptors (Lipinski definition) is 3. The van der Waals surface area contributed by atoms with Gasteiger partial charge in [0.05, 0.1) is 6.20 Å². The van der Waals surface area contributed by atoms with E-state index in [0.717, 1.165) is 16.8 Å². The molecule has 0 aliphatic carbocycles. The normalized spacial score (nSPS) is 10.8. The molecular weight excluding hydrogens is 250 g/mol. The highest BCUT2D eigenvalue weighted by Gasteiger charge is 2.05. The predicted octanol–water partition coefficient (Wildman–Crippen LogP) is 2.38. The Kier molecular flexibility index (Phi) is 3.89. The van der Waals surface area contributed by atoms with Gasteiger partial charge in [-0.25, -0.2) is 0 Å². The van der Waals surface area contributed by atoms with E-state index in [1.54, 1.807) is 18.2 Å². The van der Waals surface area contributed by atoms with Crippen molar-refractivity contribution in [1.82, 2.24) is 15.1 Å². The summed E-state index contributed by atoms with van der Waals surface area (Å²) < 4.78 is 1.84. The Morgan fingerprint density at radius 1 is 1.33 bits per heavy atom. The zero-order chi connectivity index (χ0) is 13.1. The number of aryl methyl sites for hydroxylation is 1. The van der Waals surface area contributed by atoms with Crippen molar-refractivity contribution in [2.24, 2.45) is 7.05 Å². The summed E-state index contributed by atoms with van der Waals surface area (Å²) in [4.78, 5) is 0. The summed E-state index contributed by atoms with van der Waals surface area (Å²) in [7, 11) is 1.92. The first kappa shape index (κ1) is 12.9. The van der Waals surface area contributed by atoms with Gasteiger partial charge < -0.3 is 10.4 Å². The molecule has 0 saturated heterocycles. The zero-order valence-corrected chi connectivity index (χ0v) is 11.2. The molecule has 2 rings (SSSR count). The maximum absolute atomic E-state index is 9.68. The lowest BCUT2D eigenvalue weighted by atomic mass is 10.2. The van der Waals surface area contributed by atoms with Gasteiger partial charge in [0.1, 0.15) is 5.75 Å². The first-order chi connectivity index (χ1) is 8.58. The number of phenols is 1. The second-order valence-corrected chi connectivity index (χ2v) is 4.69. The zero-order valence-electron chi connectivity index (χ0n) is 10.4. The van der Waals surface area contributed by atoms with Crippen molar-refractivity contribution < 1.29 is 5.11 Å². The summed E-state index contributed by atoms with van der Waals surface area (Å²) in [5, 5.41) is 17.8. The Bertz CT molecular complexity index is 551. The second-order valence-electron chi connectivity index (χ2n) is 4.26. The van der Waals surface area contributed by atoms with E-state index in [9.17, 15) is 5.11 Å². The first-order valence-corrected chi connectivity index (χ1v) is 6.11. The van der Waals surface area contributed by atoms with Crippen LogP contribution in [0, 0.1) is 6.92 Å². The smallest absolute Gasteiger partial charge is 0.120 e. The van der Waals surface area contributed by atoms with Gasteiger partial charge in [-0.05, 0) is 25.1 Å². The van der Waals surface area contributed by atoms with Crippen molar-refractivity contribution >= 4 is 11.6 Å². The van der Waals surface area contributed by atoms with Crippen LogP contribution in [0.15, 0.2) is 24.4 Å². The number of benzene rings is 1. The molecule has 0 fully saturated rings. The number of rotatable bonds is 4. The van der Waals surface area contributed by atoms with Crippen molar-refractivity contribution in [1.29, 1.82) is 0 Å². The highest BCUT2D eigenvalue weighted by Crippen LogP contribution is 2.21. The Morgan fingerprint density at radius 2 is 2.06 bits per heavy atom. The lowest BCUT2D eigenvalue weighted by Gasteiger charge is -2.07. The van der Waals surface area contributed by atoms with Crippen LogP contribution < -0.4 is 5.32 Å². The molecule has 96 valence electrons. The van der Waals surface area contributed by atoms with Crippen LogP contribution in [0.5, 0.6) is 5.75 Å². The largest absolute Gasteiger partial charge is 0.508 e. The van der Waals surface area contributed by atoms with Crippen LogP contribution in [-0.4, -0.2) is 14.9 Å². The highest BCUT2D eigenvalue weighted by atomic mass is 35.5. The Hall–Kier alpha value is -1.52. The second kappa shape index (κ2) is 5.42. The van der Waals surface area contributed by atoms with Crippen molar-refractivity contribution in [3.63, 3.8) is 0 Å². The van der Waals surface area contributed by atoms with Crippen LogP contribution >= 0.6 is 11.6 Å². The van der Waals surface area contributed by atoms with E-state index in [1.165, 1.54) is 0 Å². The fourth-order valence-electron chi connectivity index (χ4n) is 1.75. The van der Waals surface area contributed by atoms with Gasteiger partial charge >= 0.3 is 0 Å². The van der Waals surface area contributed by atoms with Crippen LogP contribution in [0.3, 0.4) is 0 Å². The predicted molar refractivity (Wildman–Crippen MR) is 71.6 cm³/mol. The monoisotopic (exact) mass is 265 g/mol. The van der Waals surface area contributed by atoms with Gasteiger partial charge in [-0.2, -0.15) is 5.10 Å². The Balaban J connectivity index is 1.96. The molecule has 0 aliphatic rings. The third-order valence-electron chi connectivity index (χ3n) is 3.01. The van der Waals surface area contributed by atoms with Crippen molar-refractivity contribution in [2.45, 2.75) is 20.0 Å². The number of aromatic hydroxyl groups is 1. The maximum atomic E-state index is 9.68. The summed E-state index contributed by atoms with van der Waals surface area (Å²) in [5.74, 6) is 0.259. The van der Waals surface area contributed by atoms with E-state index < -0.39 is 0 Å². The summed E-state index contributed by atoms with van der Waals surface area (Å²) in [6.07, 6.45) is 1.85. The van der Waals surface area contributed by atoms with Crippen molar-refractivity contribution in [2.75, 3.05) is 0 Å². The molecular formula is C13H16ClN3O. The molecule has 0 aliphatic heterocycles. The molecule has 0 amide bonds. The van der Waals surface area contributed by atoms with Crippen molar-refractivity contribution in [3.05, 3.63) is 46.2 Å². The molecule has 1 aromatic carbocycles. The minimum absolute atomic E-state index is 0.259. The van der Waals surface area contributed by atoms with Gasteiger partial charge in [0.25, 0.3) is 0 Å². The van der Waals surface area contributed by atoms with E-state index in [4.69, 9.17) is 11.6 Å². The number of nitrogens with zero attached hydrogens (tertiary/aromatic N) is 2. The van der Waals surface area contributed by atoms with Gasteiger partial charge in [-0.1, -0.05) is 11.6 Å². The molecule has 1 heterocycles. The minimum Gasteiger partial charge on any atom is -0.508 e. The molecule has 0 unspecified atom stereocenters. The molecule has 0 atom stereocenters. The third-order valence-corrected chi connectivity index (χ3v) is 3.24. The Labute approximate surface area is 111 Å². The standard InChI is InChI=1S/C13H16ClN3O/c1-9-11(8-16-17(9)2)7-15-6-10-5-12(14)3-4-13(10)18/h3-5,8,15,18H,6-7H2,1-2H3. The van der Waals surface area contributed by atoms with Crippen LogP contribution in [0.25, 0.3) is 0 Å². The van der Waals surface area contributed by atoms with Crippen LogP contribution in [-0.2, 0) is 20.1 Å². The number of hydrogen-bond donors (Lipinski definition) is 2. The third kappa shape index (κ3) is 2.83. The molecule has 2 N–H and O–H groups in total. The van der Waals surface area contributed by atoms with Gasteiger partial charge in [0, 0.05) is 42.0 Å². The fraction of sp³-hybridized carbons (Fsp3) is 0.308. The lowest BCUT2D eigenvalue weighted by Crippen LogP contribution is -2.13. The SMILES string of the molecule is Cc1c(CNCc2cc(Cl)ccc2O)cnn1C. The number of nitrogens with one attached hydrogen (secondary N) is 1. The van der Waals surface area contributed by atoms with Gasteiger partial charge in [0.15, 0.2) is 0 Å². The number of halogens is 1. The quantitative estimate of drug-likeness (QED) is 0.892. The van der Waals surface area contributed by atoms with E-state index >= 15 is 0 Å². The van der Waals surface area contributed by atoms with Crippen LogP contribution in [0.4, 0.5) is 0 Å². The van der Waals surface area contributed by atoms with E-state index in [1.807, 2.05) is 24.9 Å². The van der Waals surface area contributed by atoms with Crippen molar-refractivity contribution in [3.8, 4) is 5.75 Å². The molecule has 2 aromatic rings. The molecule has 4 nitrogen and oxygen atoms in total. The summed E-state index contributed by atoms with van der Waals surface area (Å²) in [5.41, 5.74) is 3.08. The number of phenolic OH excluding ortho intramolecular Hbond substituents is 1. The molecule has 1 aromatic heterocycles. The number of aromatic nitrogens is 2. The van der Waals surface area contributed by atoms with Gasteiger partial charge in [-0.3, -0.25) is 4.68 Å². The summed E-state index contributed by atoms with van der Waals surface area (Å²) >= 11 is 5.89. The molecule has 0 radical (unpaired) electrons. The average Bonchev–Trinajstić information content (AvgIpc) is 2.65. The average molecular weight is 266 g/mol. The van der Waals surface area contributed by atoms with E-state index in [2.05, 4.69) is 10.4 Å². The molecule has 0 spiro atoms. The molecule has 18 heavy (non-hydrogen) atoms. The fourth-order valence-corrected chi connectivity index (χ4v) is 1.94. The highest BCUT2D eigenvalue weighted by molar-refractivity contribution is 6.30. The van der Waals surface area contributed by atoms with Gasteiger partial charge in [-0.15, -0.1) is 0 Å². The topological polar surface area (TPSA) is 50.1 Å². The first-order valence-electron chi connectivity index (χ1n) is 5.73. The Morgan fingerprint density at radius 3 is 2.72 bits per heavy atom. The van der Waals surface area contributed by atoms with Crippen LogP contribution in [0.2, 0.25) is 5.02 Å². The molecule has 0 bridgehead atoms. The van der Waals surface area contributed by atoms with Gasteiger partial charge in [0.2, 0.25) is 0 Å². The minimum atomic E-state index is 0.259. The lowest BCUT2D eigenvalue weighted by molar-refractivity contribution is 0.464. The summed E-state index contributed by atoms with van der Waals surface area (Å²) in [6, 6.07) is 5.04.